The lowest BCUT2D eigenvalue weighted by Gasteiger charge is -2.04. The maximum Gasteiger partial charge on any atom is 0.336 e. The molecule has 0 fully saturated rings. The number of aromatic carboxylic acids is 1. The smallest absolute Gasteiger partial charge is 0.336 e. The molecule has 0 amide bonds. The third kappa shape index (κ3) is 1.88. The molecule has 0 bridgehead atoms. The van der Waals surface area contributed by atoms with E-state index in [9.17, 15) is 9.18 Å². The van der Waals surface area contributed by atoms with E-state index < -0.39 is 11.8 Å². The fraction of sp³-hybridized carbons (Fsp3) is 0. The van der Waals surface area contributed by atoms with Crippen LogP contribution in [-0.2, 0) is 0 Å². The molecule has 0 unspecified atom stereocenters. The van der Waals surface area contributed by atoms with Crippen LogP contribution in [-0.4, -0.2) is 21.0 Å². The molecule has 80 valence electrons. The first kappa shape index (κ1) is 10.2. The summed E-state index contributed by atoms with van der Waals surface area (Å²) >= 11 is 0. The van der Waals surface area contributed by atoms with Crippen LogP contribution in [0.4, 0.5) is 4.39 Å². The zero-order valence-corrected chi connectivity index (χ0v) is 8.09. The van der Waals surface area contributed by atoms with E-state index in [-0.39, 0.29) is 5.56 Å². The van der Waals surface area contributed by atoms with Gasteiger partial charge in [0.1, 0.15) is 5.82 Å². The molecule has 16 heavy (non-hydrogen) atoms. The van der Waals surface area contributed by atoms with Gasteiger partial charge in [-0.1, -0.05) is 0 Å². The summed E-state index contributed by atoms with van der Waals surface area (Å²) in [6.07, 6.45) is 5.20. The molecule has 1 N–H and O–H groups in total. The number of carbonyl (C=O) groups is 1. The Bertz CT molecular complexity index is 543. The normalized spacial score (nSPS) is 10.1. The molecule has 4 nitrogen and oxygen atoms in total. The largest absolute Gasteiger partial charge is 0.478 e. The van der Waals surface area contributed by atoms with Crippen molar-refractivity contribution >= 4 is 5.97 Å². The van der Waals surface area contributed by atoms with Gasteiger partial charge in [0.25, 0.3) is 0 Å². The molecule has 2 aromatic rings. The van der Waals surface area contributed by atoms with Crippen molar-refractivity contribution in [1.82, 2.24) is 9.97 Å². The van der Waals surface area contributed by atoms with Crippen molar-refractivity contribution in [1.29, 1.82) is 0 Å². The number of nitrogens with zero attached hydrogens (tertiary/aromatic N) is 2. The van der Waals surface area contributed by atoms with Crippen molar-refractivity contribution in [2.75, 3.05) is 0 Å². The van der Waals surface area contributed by atoms with Crippen LogP contribution in [0.2, 0.25) is 0 Å². The average molecular weight is 218 g/mol. The monoisotopic (exact) mass is 218 g/mol. The van der Waals surface area contributed by atoms with E-state index in [4.69, 9.17) is 5.11 Å². The van der Waals surface area contributed by atoms with E-state index in [0.29, 0.717) is 11.1 Å². The van der Waals surface area contributed by atoms with E-state index >= 15 is 0 Å². The zero-order valence-electron chi connectivity index (χ0n) is 8.09. The first-order valence-electron chi connectivity index (χ1n) is 4.46. The quantitative estimate of drug-likeness (QED) is 0.837. The number of aromatic nitrogens is 2. The second-order valence-electron chi connectivity index (χ2n) is 3.12. The molecule has 0 aliphatic rings. The Balaban J connectivity index is 2.60. The van der Waals surface area contributed by atoms with Crippen LogP contribution in [0.15, 0.2) is 36.9 Å². The Kier molecular flexibility index (Phi) is 2.59. The second kappa shape index (κ2) is 4.06. The van der Waals surface area contributed by atoms with Crippen molar-refractivity contribution in [3.05, 3.63) is 48.3 Å². The summed E-state index contributed by atoms with van der Waals surface area (Å²) in [4.78, 5) is 18.4. The lowest BCUT2D eigenvalue weighted by Crippen LogP contribution is -2.00. The molecule has 0 aliphatic heterocycles. The van der Waals surface area contributed by atoms with Crippen molar-refractivity contribution in [3.8, 4) is 11.1 Å². The maximum absolute atomic E-state index is 13.0. The van der Waals surface area contributed by atoms with Gasteiger partial charge in [0.15, 0.2) is 0 Å². The maximum atomic E-state index is 13.0. The highest BCUT2D eigenvalue weighted by Crippen LogP contribution is 2.22. The van der Waals surface area contributed by atoms with Gasteiger partial charge < -0.3 is 5.11 Å². The number of halogens is 1. The average Bonchev–Trinajstić information content (AvgIpc) is 2.29. The molecule has 0 radical (unpaired) electrons. The van der Waals surface area contributed by atoms with Crippen molar-refractivity contribution < 1.29 is 14.3 Å². The minimum Gasteiger partial charge on any atom is -0.478 e. The molecule has 5 heteroatoms. The SMILES string of the molecule is O=C(O)c1ccncc1-c1cncc(F)c1. The van der Waals surface area contributed by atoms with E-state index in [1.165, 1.54) is 30.7 Å². The molecule has 2 heterocycles. The van der Waals surface area contributed by atoms with Crippen LogP contribution in [0, 0.1) is 5.82 Å². The molecule has 2 aromatic heterocycles. The van der Waals surface area contributed by atoms with Gasteiger partial charge >= 0.3 is 5.97 Å². The minimum absolute atomic E-state index is 0.0717. The highest BCUT2D eigenvalue weighted by Gasteiger charge is 2.11. The Morgan fingerprint density at radius 3 is 2.75 bits per heavy atom. The van der Waals surface area contributed by atoms with Gasteiger partial charge in [-0.2, -0.15) is 0 Å². The first-order chi connectivity index (χ1) is 7.68. The third-order valence-electron chi connectivity index (χ3n) is 2.07. The number of carboxylic acid groups (broad SMARTS) is 1. The lowest BCUT2D eigenvalue weighted by atomic mass is 10.0. The molecule has 0 spiro atoms. The molecular weight excluding hydrogens is 211 g/mol. The molecule has 0 aromatic carbocycles. The van der Waals surface area contributed by atoms with Crippen molar-refractivity contribution in [2.24, 2.45) is 0 Å². The predicted octanol–water partition coefficient (Wildman–Crippen LogP) is 1.98. The van der Waals surface area contributed by atoms with Gasteiger partial charge in [0.2, 0.25) is 0 Å². The van der Waals surface area contributed by atoms with Crippen LogP contribution in [0.5, 0.6) is 0 Å². The van der Waals surface area contributed by atoms with Crippen LogP contribution in [0.1, 0.15) is 10.4 Å². The highest BCUT2D eigenvalue weighted by molar-refractivity contribution is 5.95. The molecule has 0 saturated heterocycles. The van der Waals surface area contributed by atoms with Crippen LogP contribution in [0.25, 0.3) is 11.1 Å². The second-order valence-corrected chi connectivity index (χ2v) is 3.12. The van der Waals surface area contributed by atoms with Gasteiger partial charge in [-0.25, -0.2) is 9.18 Å². The summed E-state index contributed by atoms with van der Waals surface area (Å²) in [6, 6.07) is 2.58. The van der Waals surface area contributed by atoms with E-state index in [0.717, 1.165) is 6.20 Å². The Labute approximate surface area is 90.4 Å². The fourth-order valence-corrected chi connectivity index (χ4v) is 1.37. The topological polar surface area (TPSA) is 63.1 Å². The van der Waals surface area contributed by atoms with Crippen molar-refractivity contribution in [3.63, 3.8) is 0 Å². The molecule has 0 saturated carbocycles. The molecule has 0 atom stereocenters. The number of hydrogen-bond acceptors (Lipinski definition) is 3. The fourth-order valence-electron chi connectivity index (χ4n) is 1.37. The standard InChI is InChI=1S/C11H7FN2O2/c12-8-3-7(4-14-5-8)10-6-13-2-1-9(10)11(15)16/h1-6H,(H,15,16). The molecular formula is C11H7FN2O2. The predicted molar refractivity (Wildman–Crippen MR) is 54.4 cm³/mol. The summed E-state index contributed by atoms with van der Waals surface area (Å²) in [5.74, 6) is -1.60. The summed E-state index contributed by atoms with van der Waals surface area (Å²) in [5, 5.41) is 8.95. The van der Waals surface area contributed by atoms with Gasteiger partial charge in [-0.15, -0.1) is 0 Å². The molecule has 2 rings (SSSR count). The summed E-state index contributed by atoms with van der Waals surface area (Å²) in [5.41, 5.74) is 0.815. The van der Waals surface area contributed by atoms with Crippen LogP contribution >= 0.6 is 0 Å². The minimum atomic E-state index is -1.08. The van der Waals surface area contributed by atoms with Gasteiger partial charge in [0, 0.05) is 29.7 Å². The molecule has 0 aliphatic carbocycles. The number of rotatable bonds is 2. The van der Waals surface area contributed by atoms with E-state index in [1.807, 2.05) is 0 Å². The van der Waals surface area contributed by atoms with Crippen LogP contribution in [0.3, 0.4) is 0 Å². The van der Waals surface area contributed by atoms with Gasteiger partial charge in [0.05, 0.1) is 11.8 Å². The first-order valence-corrected chi connectivity index (χ1v) is 4.46. The summed E-state index contributed by atoms with van der Waals surface area (Å²) in [6.45, 7) is 0. The highest BCUT2D eigenvalue weighted by atomic mass is 19.1. The third-order valence-corrected chi connectivity index (χ3v) is 2.07. The number of carboxylic acids is 1. The summed E-state index contributed by atoms with van der Waals surface area (Å²) in [7, 11) is 0. The van der Waals surface area contributed by atoms with Gasteiger partial charge in [-0.05, 0) is 12.1 Å². The Morgan fingerprint density at radius 1 is 1.25 bits per heavy atom. The number of pyridine rings is 2. The van der Waals surface area contributed by atoms with Crippen LogP contribution < -0.4 is 0 Å². The zero-order chi connectivity index (χ0) is 11.5. The van der Waals surface area contributed by atoms with Crippen molar-refractivity contribution in [2.45, 2.75) is 0 Å². The van der Waals surface area contributed by atoms with E-state index in [2.05, 4.69) is 9.97 Å². The number of hydrogen-bond donors (Lipinski definition) is 1. The van der Waals surface area contributed by atoms with E-state index in [1.54, 1.807) is 0 Å². The Morgan fingerprint density at radius 2 is 2.06 bits per heavy atom. The lowest BCUT2D eigenvalue weighted by molar-refractivity contribution is 0.0697. The summed E-state index contributed by atoms with van der Waals surface area (Å²) < 4.78 is 13.0. The van der Waals surface area contributed by atoms with Gasteiger partial charge in [-0.3, -0.25) is 9.97 Å². The Hall–Kier alpha value is -2.30.